The number of hydrogen-bond donors (Lipinski definition) is 2. The molecule has 0 bridgehead atoms. The number of aryl methyl sites for hydroxylation is 1. The van der Waals surface area contributed by atoms with E-state index in [1.165, 1.54) is 11.1 Å². The van der Waals surface area contributed by atoms with E-state index >= 15 is 0 Å². The second-order valence-corrected chi connectivity index (χ2v) is 7.39. The van der Waals surface area contributed by atoms with Crippen LogP contribution in [0, 0.1) is 6.92 Å². The third-order valence-corrected chi connectivity index (χ3v) is 4.64. The first-order valence-electron chi connectivity index (χ1n) is 9.98. The number of guanidine groups is 1. The average Bonchev–Trinajstić information content (AvgIpc) is 2.77. The molecule has 162 valence electrons. The standard InChI is InChI=1S/C25H28N4O.HI/c1-19-9-11-20(12-10-19)17-26-25(28-23-7-5-4-6-8-23)27-18-21-13-15-22(16-14-21)24(30)29(2)3;/h4-16H,17-18H2,1-3H3,(H2,26,27,28);1H. The second kappa shape index (κ2) is 12.1. The van der Waals surface area contributed by atoms with Gasteiger partial charge in [-0.2, -0.15) is 0 Å². The van der Waals surface area contributed by atoms with Crippen molar-refractivity contribution in [2.45, 2.75) is 20.0 Å². The molecule has 0 saturated heterocycles. The lowest BCUT2D eigenvalue weighted by Gasteiger charge is -2.13. The summed E-state index contributed by atoms with van der Waals surface area (Å²) < 4.78 is 0. The van der Waals surface area contributed by atoms with Crippen LogP contribution in [0.5, 0.6) is 0 Å². The molecule has 0 saturated carbocycles. The zero-order valence-electron chi connectivity index (χ0n) is 18.1. The van der Waals surface area contributed by atoms with Gasteiger partial charge in [0, 0.05) is 31.9 Å². The SMILES string of the molecule is Cc1ccc(CNC(=NCc2ccc(C(=O)N(C)C)cc2)Nc2ccccc2)cc1.I. The number of amides is 1. The molecule has 0 aliphatic rings. The number of carbonyl (C=O) groups excluding carboxylic acids is 1. The first-order chi connectivity index (χ1) is 14.5. The Morgan fingerprint density at radius 3 is 2.10 bits per heavy atom. The van der Waals surface area contributed by atoms with Crippen LogP contribution in [0.4, 0.5) is 5.69 Å². The molecule has 2 N–H and O–H groups in total. The monoisotopic (exact) mass is 528 g/mol. The van der Waals surface area contributed by atoms with Gasteiger partial charge in [0.1, 0.15) is 0 Å². The fourth-order valence-electron chi connectivity index (χ4n) is 2.87. The maximum atomic E-state index is 12.0. The quantitative estimate of drug-likeness (QED) is 0.267. The molecule has 0 radical (unpaired) electrons. The van der Waals surface area contributed by atoms with Gasteiger partial charge < -0.3 is 15.5 Å². The molecule has 0 aliphatic carbocycles. The third-order valence-electron chi connectivity index (χ3n) is 4.64. The summed E-state index contributed by atoms with van der Waals surface area (Å²) in [6.07, 6.45) is 0. The lowest BCUT2D eigenvalue weighted by molar-refractivity contribution is 0.0827. The molecule has 5 nitrogen and oxygen atoms in total. The van der Waals surface area contributed by atoms with Crippen LogP contribution in [0.25, 0.3) is 0 Å². The van der Waals surface area contributed by atoms with Crippen LogP contribution >= 0.6 is 24.0 Å². The summed E-state index contributed by atoms with van der Waals surface area (Å²) in [5.74, 6) is 0.700. The minimum absolute atomic E-state index is 0. The van der Waals surface area contributed by atoms with Gasteiger partial charge in [-0.1, -0.05) is 60.2 Å². The summed E-state index contributed by atoms with van der Waals surface area (Å²) >= 11 is 0. The van der Waals surface area contributed by atoms with E-state index in [1.807, 2.05) is 54.6 Å². The Morgan fingerprint density at radius 1 is 0.871 bits per heavy atom. The summed E-state index contributed by atoms with van der Waals surface area (Å²) in [7, 11) is 3.50. The van der Waals surface area contributed by atoms with Crippen LogP contribution < -0.4 is 10.6 Å². The maximum Gasteiger partial charge on any atom is 0.253 e. The largest absolute Gasteiger partial charge is 0.352 e. The van der Waals surface area contributed by atoms with Gasteiger partial charge in [0.05, 0.1) is 6.54 Å². The number of nitrogens with one attached hydrogen (secondary N) is 2. The van der Waals surface area contributed by atoms with Crippen LogP contribution in [0.15, 0.2) is 83.9 Å². The van der Waals surface area contributed by atoms with Crippen molar-refractivity contribution in [2.75, 3.05) is 19.4 Å². The highest BCUT2D eigenvalue weighted by Gasteiger charge is 2.07. The molecule has 31 heavy (non-hydrogen) atoms. The summed E-state index contributed by atoms with van der Waals surface area (Å²) in [6.45, 7) is 3.26. The van der Waals surface area contributed by atoms with E-state index in [1.54, 1.807) is 19.0 Å². The first kappa shape index (κ1) is 24.4. The first-order valence-corrected chi connectivity index (χ1v) is 9.98. The van der Waals surface area contributed by atoms with Crippen molar-refractivity contribution < 1.29 is 4.79 Å². The van der Waals surface area contributed by atoms with E-state index in [2.05, 4.69) is 41.8 Å². The van der Waals surface area contributed by atoms with E-state index in [0.29, 0.717) is 24.6 Å². The highest BCUT2D eigenvalue weighted by Crippen LogP contribution is 2.09. The Bertz CT molecular complexity index is 984. The number of anilines is 1. The van der Waals surface area contributed by atoms with E-state index in [9.17, 15) is 4.79 Å². The van der Waals surface area contributed by atoms with E-state index in [-0.39, 0.29) is 29.9 Å². The molecule has 0 fully saturated rings. The third kappa shape index (κ3) is 7.71. The molecule has 0 atom stereocenters. The van der Waals surface area contributed by atoms with Crippen LogP contribution in [-0.2, 0) is 13.1 Å². The van der Waals surface area contributed by atoms with Gasteiger partial charge in [0.25, 0.3) is 5.91 Å². The molecule has 0 aromatic heterocycles. The number of hydrogen-bond acceptors (Lipinski definition) is 2. The van der Waals surface area contributed by atoms with E-state index < -0.39 is 0 Å². The summed E-state index contributed by atoms with van der Waals surface area (Å²) in [5, 5.41) is 6.75. The topological polar surface area (TPSA) is 56.7 Å². The van der Waals surface area contributed by atoms with Crippen LogP contribution in [0.3, 0.4) is 0 Å². The van der Waals surface area contributed by atoms with Gasteiger partial charge in [-0.3, -0.25) is 4.79 Å². The number of halogens is 1. The molecule has 0 unspecified atom stereocenters. The zero-order chi connectivity index (χ0) is 21.3. The molecular formula is C25H29IN4O. The minimum Gasteiger partial charge on any atom is -0.352 e. The lowest BCUT2D eigenvalue weighted by Crippen LogP contribution is -2.30. The Kier molecular flexibility index (Phi) is 9.52. The minimum atomic E-state index is -0.00347. The van der Waals surface area contributed by atoms with Gasteiger partial charge in [-0.25, -0.2) is 4.99 Å². The highest BCUT2D eigenvalue weighted by atomic mass is 127. The van der Waals surface area contributed by atoms with Crippen LogP contribution in [-0.4, -0.2) is 30.9 Å². The Hall–Kier alpha value is -2.87. The normalized spacial score (nSPS) is 10.7. The zero-order valence-corrected chi connectivity index (χ0v) is 20.5. The second-order valence-electron chi connectivity index (χ2n) is 7.39. The smallest absolute Gasteiger partial charge is 0.253 e. The maximum absolute atomic E-state index is 12.0. The number of benzene rings is 3. The number of carbonyl (C=O) groups is 1. The van der Waals surface area contributed by atoms with Crippen molar-refractivity contribution in [3.63, 3.8) is 0 Å². The predicted molar refractivity (Wildman–Crippen MR) is 139 cm³/mol. The molecule has 3 rings (SSSR count). The van der Waals surface area contributed by atoms with Crippen molar-refractivity contribution in [1.82, 2.24) is 10.2 Å². The fourth-order valence-corrected chi connectivity index (χ4v) is 2.87. The summed E-state index contributed by atoms with van der Waals surface area (Å²) in [5.41, 5.74) is 5.11. The molecule has 0 spiro atoms. The van der Waals surface area contributed by atoms with Crippen molar-refractivity contribution in [2.24, 2.45) is 4.99 Å². The van der Waals surface area contributed by atoms with E-state index in [0.717, 1.165) is 11.3 Å². The molecule has 3 aromatic carbocycles. The highest BCUT2D eigenvalue weighted by molar-refractivity contribution is 14.0. The van der Waals surface area contributed by atoms with Gasteiger partial charge in [-0.05, 0) is 42.3 Å². The summed E-state index contributed by atoms with van der Waals surface area (Å²) in [4.78, 5) is 18.3. The Balaban J connectivity index is 0.00000341. The van der Waals surface area contributed by atoms with Crippen molar-refractivity contribution >= 4 is 41.5 Å². The number of rotatable bonds is 6. The molecule has 1 amide bonds. The molecule has 0 aliphatic heterocycles. The number of nitrogens with zero attached hydrogens (tertiary/aromatic N) is 2. The number of aliphatic imine (C=N–C) groups is 1. The Labute approximate surface area is 201 Å². The lowest BCUT2D eigenvalue weighted by atomic mass is 10.1. The predicted octanol–water partition coefficient (Wildman–Crippen LogP) is 5.07. The Morgan fingerprint density at radius 2 is 1.48 bits per heavy atom. The van der Waals surface area contributed by atoms with Gasteiger partial charge in [0.2, 0.25) is 0 Å². The van der Waals surface area contributed by atoms with Crippen LogP contribution in [0.2, 0.25) is 0 Å². The molecule has 6 heteroatoms. The van der Waals surface area contributed by atoms with Gasteiger partial charge in [0.15, 0.2) is 5.96 Å². The van der Waals surface area contributed by atoms with Gasteiger partial charge in [-0.15, -0.1) is 24.0 Å². The van der Waals surface area contributed by atoms with Crippen molar-refractivity contribution in [3.8, 4) is 0 Å². The summed E-state index contributed by atoms with van der Waals surface area (Å²) in [6, 6.07) is 26.0. The fraction of sp³-hybridized carbons (Fsp3) is 0.200. The molecule has 0 heterocycles. The van der Waals surface area contributed by atoms with Crippen LogP contribution in [0.1, 0.15) is 27.0 Å². The molecular weight excluding hydrogens is 499 g/mol. The average molecular weight is 528 g/mol. The van der Waals surface area contributed by atoms with Crippen molar-refractivity contribution in [3.05, 3.63) is 101 Å². The van der Waals surface area contributed by atoms with E-state index in [4.69, 9.17) is 4.99 Å². The van der Waals surface area contributed by atoms with Gasteiger partial charge >= 0.3 is 0 Å². The molecule has 3 aromatic rings. The van der Waals surface area contributed by atoms with Crippen molar-refractivity contribution in [1.29, 1.82) is 0 Å². The number of para-hydroxylation sites is 1.